The zero-order valence-electron chi connectivity index (χ0n) is 19.3. The fraction of sp³-hybridized carbons (Fsp3) is 0.231. The van der Waals surface area contributed by atoms with Crippen LogP contribution in [0.3, 0.4) is 0 Å². The standard InChI is InChI=1S/C26H24N4O4S/c1-16-5-9-18(10-6-16)27-24(31)15-23-25(32)28-26(35-23)30-21(22-4-3-13-34-22)14-20(29-30)17-7-11-19(33-2)12-8-17/h3-13,21,23H,14-15H2,1-2H3,(H,27,31)/t21-,23+/m0/s1. The number of amidine groups is 1. The molecule has 0 aliphatic carbocycles. The van der Waals surface area contributed by atoms with Crippen molar-refractivity contribution < 1.29 is 18.7 Å². The van der Waals surface area contributed by atoms with Gasteiger partial charge in [0.05, 0.1) is 19.1 Å². The Labute approximate surface area is 207 Å². The average Bonchev–Trinajstić information content (AvgIpc) is 3.61. The molecule has 3 aromatic rings. The quantitative estimate of drug-likeness (QED) is 0.537. The first-order valence-electron chi connectivity index (χ1n) is 11.2. The van der Waals surface area contributed by atoms with Crippen molar-refractivity contribution in [3.05, 3.63) is 83.8 Å². The van der Waals surface area contributed by atoms with Crippen molar-refractivity contribution in [2.24, 2.45) is 10.1 Å². The highest BCUT2D eigenvalue weighted by atomic mass is 32.2. The number of aliphatic imine (C=N–C) groups is 1. The highest BCUT2D eigenvalue weighted by Crippen LogP contribution is 2.38. The van der Waals surface area contributed by atoms with Crippen LogP contribution in [0, 0.1) is 6.92 Å². The first kappa shape index (κ1) is 22.9. The molecule has 1 N–H and O–H groups in total. The maximum absolute atomic E-state index is 12.7. The predicted octanol–water partition coefficient (Wildman–Crippen LogP) is 4.77. The van der Waals surface area contributed by atoms with E-state index in [1.807, 2.05) is 67.6 Å². The molecule has 2 aliphatic heterocycles. The molecule has 0 spiro atoms. The van der Waals surface area contributed by atoms with E-state index in [-0.39, 0.29) is 24.3 Å². The van der Waals surface area contributed by atoms with Crippen molar-refractivity contribution in [2.45, 2.75) is 31.1 Å². The number of thioether (sulfide) groups is 1. The molecule has 8 nitrogen and oxygen atoms in total. The van der Waals surface area contributed by atoms with Crippen LogP contribution in [-0.2, 0) is 9.59 Å². The van der Waals surface area contributed by atoms with Crippen LogP contribution in [0.2, 0.25) is 0 Å². The van der Waals surface area contributed by atoms with Gasteiger partial charge in [0.25, 0.3) is 5.91 Å². The number of carbonyl (C=O) groups excluding carboxylic acids is 2. The Morgan fingerprint density at radius 3 is 2.63 bits per heavy atom. The van der Waals surface area contributed by atoms with Gasteiger partial charge in [0.1, 0.15) is 22.8 Å². The zero-order chi connectivity index (χ0) is 24.4. The number of hydrogen-bond donors (Lipinski definition) is 1. The molecule has 0 bridgehead atoms. The van der Waals surface area contributed by atoms with E-state index in [0.29, 0.717) is 17.3 Å². The van der Waals surface area contributed by atoms with E-state index in [1.165, 1.54) is 11.8 Å². The molecule has 0 saturated carbocycles. The molecule has 2 aliphatic rings. The summed E-state index contributed by atoms with van der Waals surface area (Å²) in [5, 5.41) is 9.25. The number of methoxy groups -OCH3 is 1. The smallest absolute Gasteiger partial charge is 0.262 e. The Morgan fingerprint density at radius 1 is 1.17 bits per heavy atom. The van der Waals surface area contributed by atoms with Gasteiger partial charge in [-0.15, -0.1) is 0 Å². The van der Waals surface area contributed by atoms with Gasteiger partial charge in [0.15, 0.2) is 5.17 Å². The number of aryl methyl sites for hydroxylation is 1. The number of anilines is 1. The van der Waals surface area contributed by atoms with Gasteiger partial charge in [-0.1, -0.05) is 29.5 Å². The number of amides is 2. The van der Waals surface area contributed by atoms with E-state index in [0.717, 1.165) is 28.3 Å². The van der Waals surface area contributed by atoms with Gasteiger partial charge in [-0.25, -0.2) is 5.01 Å². The third-order valence-electron chi connectivity index (χ3n) is 5.84. The first-order valence-corrected chi connectivity index (χ1v) is 12.1. The van der Waals surface area contributed by atoms with Crippen molar-refractivity contribution in [1.29, 1.82) is 0 Å². The molecule has 178 valence electrons. The highest BCUT2D eigenvalue weighted by molar-refractivity contribution is 8.15. The fourth-order valence-corrected chi connectivity index (χ4v) is 5.03. The Bertz CT molecular complexity index is 1280. The van der Waals surface area contributed by atoms with Gasteiger partial charge in [-0.3, -0.25) is 9.59 Å². The molecule has 0 unspecified atom stereocenters. The lowest BCUT2D eigenvalue weighted by molar-refractivity contribution is -0.121. The van der Waals surface area contributed by atoms with Gasteiger partial charge < -0.3 is 14.5 Å². The van der Waals surface area contributed by atoms with Crippen LogP contribution in [-0.4, -0.2) is 40.1 Å². The summed E-state index contributed by atoms with van der Waals surface area (Å²) in [4.78, 5) is 29.5. The van der Waals surface area contributed by atoms with Crippen molar-refractivity contribution in [3.63, 3.8) is 0 Å². The minimum atomic E-state index is -0.604. The maximum atomic E-state index is 12.7. The number of rotatable bonds is 6. The van der Waals surface area contributed by atoms with E-state index in [9.17, 15) is 9.59 Å². The van der Waals surface area contributed by atoms with Gasteiger partial charge >= 0.3 is 0 Å². The van der Waals surface area contributed by atoms with Crippen LogP contribution in [0.15, 0.2) is 81.4 Å². The largest absolute Gasteiger partial charge is 0.497 e. The number of nitrogens with one attached hydrogen (secondary N) is 1. The molecule has 0 radical (unpaired) electrons. The average molecular weight is 489 g/mol. The normalized spacial score (nSPS) is 19.5. The monoisotopic (exact) mass is 488 g/mol. The molecule has 2 amide bonds. The van der Waals surface area contributed by atoms with Crippen LogP contribution in [0.4, 0.5) is 5.69 Å². The molecule has 0 saturated heterocycles. The van der Waals surface area contributed by atoms with E-state index in [1.54, 1.807) is 18.4 Å². The van der Waals surface area contributed by atoms with Crippen molar-refractivity contribution in [2.75, 3.05) is 12.4 Å². The number of ether oxygens (including phenoxy) is 1. The number of nitrogens with zero attached hydrogens (tertiary/aromatic N) is 3. The number of benzene rings is 2. The van der Waals surface area contributed by atoms with Crippen LogP contribution in [0.1, 0.15) is 35.8 Å². The van der Waals surface area contributed by atoms with Crippen LogP contribution < -0.4 is 10.1 Å². The number of furan rings is 1. The van der Waals surface area contributed by atoms with E-state index < -0.39 is 5.25 Å². The number of hydrazone groups is 1. The third-order valence-corrected chi connectivity index (χ3v) is 6.98. The summed E-state index contributed by atoms with van der Waals surface area (Å²) in [7, 11) is 1.63. The molecule has 9 heteroatoms. The molecule has 0 fully saturated rings. The molecule has 2 aromatic carbocycles. The van der Waals surface area contributed by atoms with Gasteiger partial charge in [-0.2, -0.15) is 10.1 Å². The topological polar surface area (TPSA) is 96.5 Å². The maximum Gasteiger partial charge on any atom is 0.262 e. The second-order valence-corrected chi connectivity index (χ2v) is 9.48. The summed E-state index contributed by atoms with van der Waals surface area (Å²) in [6.45, 7) is 1.98. The van der Waals surface area contributed by atoms with Crippen LogP contribution in [0.25, 0.3) is 0 Å². The molecular formula is C26H24N4O4S. The molecular weight excluding hydrogens is 464 g/mol. The van der Waals surface area contributed by atoms with Crippen molar-refractivity contribution in [1.82, 2.24) is 5.01 Å². The second-order valence-electron chi connectivity index (χ2n) is 8.31. The lowest BCUT2D eigenvalue weighted by Crippen LogP contribution is -2.24. The summed E-state index contributed by atoms with van der Waals surface area (Å²) in [5.41, 5.74) is 3.61. The molecule has 3 heterocycles. The SMILES string of the molecule is COc1ccc(C2=NN(C3=NC(=O)[C@@H](CC(=O)Nc4ccc(C)cc4)S3)[C@H](c3ccco3)C2)cc1. The highest BCUT2D eigenvalue weighted by Gasteiger charge is 2.40. The number of carbonyl (C=O) groups is 2. The predicted molar refractivity (Wildman–Crippen MR) is 136 cm³/mol. The Kier molecular flexibility index (Phi) is 6.41. The third kappa shape index (κ3) is 5.00. The van der Waals surface area contributed by atoms with Gasteiger partial charge in [-0.05, 0) is 61.0 Å². The van der Waals surface area contributed by atoms with E-state index in [4.69, 9.17) is 14.3 Å². The lowest BCUT2D eigenvalue weighted by atomic mass is 10.0. The lowest BCUT2D eigenvalue weighted by Gasteiger charge is -2.20. The molecule has 1 aromatic heterocycles. The fourth-order valence-electron chi connectivity index (χ4n) is 3.97. The Balaban J connectivity index is 1.32. The van der Waals surface area contributed by atoms with Crippen LogP contribution in [0.5, 0.6) is 5.75 Å². The summed E-state index contributed by atoms with van der Waals surface area (Å²) in [6, 6.07) is 18.7. The van der Waals surface area contributed by atoms with Gasteiger partial charge in [0, 0.05) is 18.5 Å². The molecule has 2 atom stereocenters. The minimum absolute atomic E-state index is 0.0265. The minimum Gasteiger partial charge on any atom is -0.497 e. The second kappa shape index (κ2) is 9.79. The number of hydrogen-bond acceptors (Lipinski definition) is 7. The van der Waals surface area contributed by atoms with Gasteiger partial charge in [0.2, 0.25) is 5.91 Å². The first-order chi connectivity index (χ1) is 17.0. The van der Waals surface area contributed by atoms with Crippen molar-refractivity contribution >= 4 is 40.1 Å². The Hall–Kier alpha value is -3.85. The molecule has 5 rings (SSSR count). The van der Waals surface area contributed by atoms with E-state index >= 15 is 0 Å². The van der Waals surface area contributed by atoms with Crippen LogP contribution >= 0.6 is 11.8 Å². The summed E-state index contributed by atoms with van der Waals surface area (Å²) < 4.78 is 10.9. The molecule has 35 heavy (non-hydrogen) atoms. The summed E-state index contributed by atoms with van der Waals surface area (Å²) >= 11 is 1.26. The zero-order valence-corrected chi connectivity index (χ0v) is 20.1. The Morgan fingerprint density at radius 2 is 1.94 bits per heavy atom. The van der Waals surface area contributed by atoms with E-state index in [2.05, 4.69) is 10.3 Å². The summed E-state index contributed by atoms with van der Waals surface area (Å²) in [5.74, 6) is 0.923. The summed E-state index contributed by atoms with van der Waals surface area (Å²) in [6.07, 6.45) is 2.23. The van der Waals surface area contributed by atoms with Crippen molar-refractivity contribution in [3.8, 4) is 5.75 Å².